The lowest BCUT2D eigenvalue weighted by atomic mass is 9.86. The quantitative estimate of drug-likeness (QED) is 0.317. The van der Waals surface area contributed by atoms with E-state index in [1.54, 1.807) is 18.2 Å². The average Bonchev–Trinajstić information content (AvgIpc) is 3.68. The Kier molecular flexibility index (Phi) is 8.71. The fourth-order valence-electron chi connectivity index (χ4n) is 5.66. The lowest BCUT2D eigenvalue weighted by molar-refractivity contribution is -0.132. The van der Waals surface area contributed by atoms with E-state index in [0.29, 0.717) is 35.0 Å². The molecule has 2 aliphatic rings. The molecule has 1 aliphatic carbocycles. The Morgan fingerprint density at radius 2 is 1.93 bits per heavy atom. The topological polar surface area (TPSA) is 122 Å². The SMILES string of the molecule is CC(C)Oc1ccc(-c2nc(-c3cccc4c3CCC[C@@H]4OC(=O)N(CC(=O)N3CCCC3)C(C)(C)C)no2)cc1C#N. The van der Waals surface area contributed by atoms with Crippen molar-refractivity contribution in [3.63, 3.8) is 0 Å². The van der Waals surface area contributed by atoms with Gasteiger partial charge in [0, 0.05) is 29.8 Å². The highest BCUT2D eigenvalue weighted by Crippen LogP contribution is 2.38. The summed E-state index contributed by atoms with van der Waals surface area (Å²) >= 11 is 0. The van der Waals surface area contributed by atoms with Gasteiger partial charge in [0.1, 0.15) is 24.5 Å². The van der Waals surface area contributed by atoms with Gasteiger partial charge in [0.2, 0.25) is 11.7 Å². The van der Waals surface area contributed by atoms with E-state index >= 15 is 0 Å². The van der Waals surface area contributed by atoms with E-state index in [1.165, 1.54) is 4.90 Å². The number of carbonyl (C=O) groups is 2. The molecule has 0 N–H and O–H groups in total. The number of ether oxygens (including phenoxy) is 2. The highest BCUT2D eigenvalue weighted by atomic mass is 16.6. The van der Waals surface area contributed by atoms with E-state index in [2.05, 4.69) is 16.2 Å². The zero-order valence-corrected chi connectivity index (χ0v) is 25.6. The van der Waals surface area contributed by atoms with Crippen LogP contribution in [0, 0.1) is 11.3 Å². The van der Waals surface area contributed by atoms with Gasteiger partial charge in [-0.1, -0.05) is 23.4 Å². The lowest BCUT2D eigenvalue weighted by Gasteiger charge is -2.37. The molecule has 3 aromatic rings. The van der Waals surface area contributed by atoms with Crippen LogP contribution in [-0.4, -0.2) is 63.2 Å². The number of amides is 2. The van der Waals surface area contributed by atoms with Gasteiger partial charge in [-0.05, 0) is 96.0 Å². The summed E-state index contributed by atoms with van der Waals surface area (Å²) in [6, 6.07) is 13.2. The molecular formula is C33H39N5O5. The Bertz CT molecular complexity index is 1530. The first kappa shape index (κ1) is 30.1. The van der Waals surface area contributed by atoms with Crippen LogP contribution < -0.4 is 4.74 Å². The third-order valence-electron chi connectivity index (χ3n) is 7.85. The molecule has 10 nitrogen and oxygen atoms in total. The Morgan fingerprint density at radius 3 is 2.63 bits per heavy atom. The van der Waals surface area contributed by atoms with Crippen molar-refractivity contribution in [2.75, 3.05) is 19.6 Å². The van der Waals surface area contributed by atoms with Crippen LogP contribution in [0.1, 0.15) is 83.1 Å². The Hall–Kier alpha value is -4.39. The van der Waals surface area contributed by atoms with Crippen LogP contribution in [0.4, 0.5) is 4.79 Å². The van der Waals surface area contributed by atoms with Crippen LogP contribution in [0.2, 0.25) is 0 Å². The highest BCUT2D eigenvalue weighted by molar-refractivity contribution is 5.83. The van der Waals surface area contributed by atoms with E-state index < -0.39 is 17.7 Å². The van der Waals surface area contributed by atoms with Crippen LogP contribution in [-0.2, 0) is 16.0 Å². The zero-order valence-electron chi connectivity index (χ0n) is 25.6. The number of carbonyl (C=O) groups excluding carboxylic acids is 2. The molecule has 2 aromatic carbocycles. The highest BCUT2D eigenvalue weighted by Gasteiger charge is 2.35. The number of aromatic nitrogens is 2. The van der Waals surface area contributed by atoms with E-state index in [9.17, 15) is 14.9 Å². The van der Waals surface area contributed by atoms with E-state index in [1.807, 2.05) is 57.7 Å². The molecule has 43 heavy (non-hydrogen) atoms. The minimum Gasteiger partial charge on any atom is -0.490 e. The molecule has 1 fully saturated rings. The minimum absolute atomic E-state index is 0.00826. The van der Waals surface area contributed by atoms with Crippen molar-refractivity contribution in [2.24, 2.45) is 0 Å². The standard InChI is InChI=1S/C33H39N5O5/c1-21(2)41-27-15-14-22(18-23(27)19-34)31-35-30(36-43-31)26-12-8-11-25-24(26)10-9-13-28(25)42-32(40)38(33(3,4)5)20-29(39)37-16-6-7-17-37/h8,11-12,14-15,18,21,28H,6-7,9-10,13,16-17,20H2,1-5H3/t28-/m0/s1. The van der Waals surface area contributed by atoms with Gasteiger partial charge in [0.05, 0.1) is 11.7 Å². The van der Waals surface area contributed by atoms with E-state index in [4.69, 9.17) is 14.0 Å². The molecule has 1 saturated heterocycles. The first-order valence-corrected chi connectivity index (χ1v) is 15.0. The fraction of sp³-hybridized carbons (Fsp3) is 0.485. The van der Waals surface area contributed by atoms with Crippen molar-refractivity contribution < 1.29 is 23.6 Å². The van der Waals surface area contributed by atoms with Crippen molar-refractivity contribution in [2.45, 2.75) is 84.5 Å². The van der Waals surface area contributed by atoms with Gasteiger partial charge >= 0.3 is 6.09 Å². The van der Waals surface area contributed by atoms with Crippen LogP contribution in [0.3, 0.4) is 0 Å². The van der Waals surface area contributed by atoms with Crippen LogP contribution in [0.15, 0.2) is 40.9 Å². The lowest BCUT2D eigenvalue weighted by Crippen LogP contribution is -2.51. The Balaban J connectivity index is 1.37. The summed E-state index contributed by atoms with van der Waals surface area (Å²) in [5.74, 6) is 1.17. The molecule has 5 rings (SSSR count). The maximum absolute atomic E-state index is 13.5. The summed E-state index contributed by atoms with van der Waals surface area (Å²) in [5, 5.41) is 13.9. The molecular weight excluding hydrogens is 546 g/mol. The van der Waals surface area contributed by atoms with Crippen molar-refractivity contribution >= 4 is 12.0 Å². The Labute approximate surface area is 252 Å². The Morgan fingerprint density at radius 1 is 1.16 bits per heavy atom. The van der Waals surface area contributed by atoms with Gasteiger partial charge in [-0.25, -0.2) is 4.79 Å². The molecule has 2 amide bonds. The molecule has 1 atom stereocenters. The zero-order chi connectivity index (χ0) is 30.7. The van der Waals surface area contributed by atoms with E-state index in [-0.39, 0.29) is 18.6 Å². The first-order chi connectivity index (χ1) is 20.5. The summed E-state index contributed by atoms with van der Waals surface area (Å²) in [6.45, 7) is 11.0. The minimum atomic E-state index is -0.586. The van der Waals surface area contributed by atoms with E-state index in [0.717, 1.165) is 55.5 Å². The monoisotopic (exact) mass is 585 g/mol. The second-order valence-corrected chi connectivity index (χ2v) is 12.4. The average molecular weight is 586 g/mol. The van der Waals surface area contributed by atoms with Crippen molar-refractivity contribution in [3.05, 3.63) is 53.1 Å². The summed E-state index contributed by atoms with van der Waals surface area (Å²) in [6.07, 6.45) is 3.25. The molecule has 0 radical (unpaired) electrons. The van der Waals surface area contributed by atoms with Gasteiger partial charge in [-0.15, -0.1) is 0 Å². The maximum atomic E-state index is 13.5. The third kappa shape index (κ3) is 6.66. The predicted molar refractivity (Wildman–Crippen MR) is 160 cm³/mol. The number of hydrogen-bond donors (Lipinski definition) is 0. The predicted octanol–water partition coefficient (Wildman–Crippen LogP) is 6.30. The molecule has 0 saturated carbocycles. The maximum Gasteiger partial charge on any atom is 0.411 e. The second-order valence-electron chi connectivity index (χ2n) is 12.4. The summed E-state index contributed by atoms with van der Waals surface area (Å²) in [5.41, 5.74) is 3.15. The first-order valence-electron chi connectivity index (χ1n) is 15.0. The van der Waals surface area contributed by atoms with Gasteiger partial charge in [0.15, 0.2) is 0 Å². The summed E-state index contributed by atoms with van der Waals surface area (Å²) in [4.78, 5) is 34.5. The number of nitrogens with zero attached hydrogens (tertiary/aromatic N) is 5. The molecule has 0 bridgehead atoms. The fourth-order valence-corrected chi connectivity index (χ4v) is 5.66. The largest absolute Gasteiger partial charge is 0.490 e. The smallest absolute Gasteiger partial charge is 0.411 e. The number of hydrogen-bond acceptors (Lipinski definition) is 8. The molecule has 0 spiro atoms. The molecule has 1 aromatic heterocycles. The number of benzene rings is 2. The van der Waals surface area contributed by atoms with Gasteiger partial charge in [-0.2, -0.15) is 10.2 Å². The molecule has 0 unspecified atom stereocenters. The third-order valence-corrected chi connectivity index (χ3v) is 7.85. The van der Waals surface area contributed by atoms with Crippen LogP contribution >= 0.6 is 0 Å². The van der Waals surface area contributed by atoms with Crippen molar-refractivity contribution in [1.82, 2.24) is 19.9 Å². The van der Waals surface area contributed by atoms with Gasteiger partial charge in [0.25, 0.3) is 5.89 Å². The van der Waals surface area contributed by atoms with Gasteiger partial charge < -0.3 is 18.9 Å². The molecule has 2 heterocycles. The number of likely N-dealkylation sites (tertiary alicyclic amines) is 1. The molecule has 10 heteroatoms. The molecule has 226 valence electrons. The van der Waals surface area contributed by atoms with Crippen molar-refractivity contribution in [1.29, 1.82) is 5.26 Å². The number of rotatable bonds is 7. The van der Waals surface area contributed by atoms with Crippen LogP contribution in [0.25, 0.3) is 22.8 Å². The van der Waals surface area contributed by atoms with Gasteiger partial charge in [-0.3, -0.25) is 9.69 Å². The van der Waals surface area contributed by atoms with Crippen LogP contribution in [0.5, 0.6) is 5.75 Å². The number of nitriles is 1. The molecule has 1 aliphatic heterocycles. The summed E-state index contributed by atoms with van der Waals surface area (Å²) < 4.78 is 17.5. The normalized spacial score (nSPS) is 16.5. The number of fused-ring (bicyclic) bond motifs is 1. The second kappa shape index (κ2) is 12.5. The summed E-state index contributed by atoms with van der Waals surface area (Å²) in [7, 11) is 0. The van der Waals surface area contributed by atoms with Crippen molar-refractivity contribution in [3.8, 4) is 34.7 Å².